The minimum atomic E-state index is -3.61. The van der Waals surface area contributed by atoms with Crippen LogP contribution in [0.3, 0.4) is 0 Å². The second kappa shape index (κ2) is 5.40. The van der Waals surface area contributed by atoms with Gasteiger partial charge in [0.15, 0.2) is 0 Å². The van der Waals surface area contributed by atoms with Gasteiger partial charge in [0.2, 0.25) is 0 Å². The Kier molecular flexibility index (Phi) is 3.85. The predicted molar refractivity (Wildman–Crippen MR) is 73.0 cm³/mol. The molecule has 0 atom stereocenters. The van der Waals surface area contributed by atoms with Crippen molar-refractivity contribution in [2.24, 2.45) is 0 Å². The lowest BCUT2D eigenvalue weighted by Crippen LogP contribution is -2.30. The number of hydrogen-bond donors (Lipinski definition) is 0. The Labute approximate surface area is 112 Å². The lowest BCUT2D eigenvalue weighted by atomic mass is 10.3. The number of benzene rings is 2. The molecule has 0 saturated carbocycles. The Morgan fingerprint density at radius 3 is 2.11 bits per heavy atom. The highest BCUT2D eigenvalue weighted by Gasteiger charge is 2.22. The molecule has 0 aromatic heterocycles. The van der Waals surface area contributed by atoms with Crippen molar-refractivity contribution in [2.45, 2.75) is 11.8 Å². The Balaban J connectivity index is 2.45. The van der Waals surface area contributed by atoms with Crippen molar-refractivity contribution < 1.29 is 12.8 Å². The zero-order valence-electron chi connectivity index (χ0n) is 10.5. The van der Waals surface area contributed by atoms with Crippen LogP contribution < -0.4 is 4.31 Å². The van der Waals surface area contributed by atoms with Crippen molar-refractivity contribution in [1.29, 1.82) is 0 Å². The third-order valence-electron chi connectivity index (χ3n) is 2.73. The van der Waals surface area contributed by atoms with Crippen LogP contribution in [0.2, 0.25) is 0 Å². The highest BCUT2D eigenvalue weighted by atomic mass is 32.2. The summed E-state index contributed by atoms with van der Waals surface area (Å²) in [7, 11) is -3.61. The van der Waals surface area contributed by atoms with Gasteiger partial charge >= 0.3 is 0 Å². The molecule has 0 aliphatic rings. The van der Waals surface area contributed by atoms with Crippen LogP contribution in [0.25, 0.3) is 0 Å². The zero-order valence-corrected chi connectivity index (χ0v) is 11.3. The van der Waals surface area contributed by atoms with E-state index in [2.05, 4.69) is 0 Å². The number of halogens is 1. The van der Waals surface area contributed by atoms with Crippen molar-refractivity contribution in [3.63, 3.8) is 0 Å². The summed E-state index contributed by atoms with van der Waals surface area (Å²) >= 11 is 0. The van der Waals surface area contributed by atoms with Gasteiger partial charge in [0.05, 0.1) is 10.6 Å². The first kappa shape index (κ1) is 13.5. The fourth-order valence-corrected chi connectivity index (χ4v) is 3.31. The molecule has 0 heterocycles. The quantitative estimate of drug-likeness (QED) is 0.862. The van der Waals surface area contributed by atoms with Crippen LogP contribution in [0.15, 0.2) is 59.5 Å². The first-order chi connectivity index (χ1) is 9.05. The number of anilines is 1. The fourth-order valence-electron chi connectivity index (χ4n) is 1.82. The van der Waals surface area contributed by atoms with Crippen LogP contribution in [-0.4, -0.2) is 15.0 Å². The second-order valence-corrected chi connectivity index (χ2v) is 5.82. The van der Waals surface area contributed by atoms with Gasteiger partial charge in [-0.15, -0.1) is 0 Å². The van der Waals surface area contributed by atoms with Gasteiger partial charge in [-0.1, -0.05) is 18.2 Å². The Hall–Kier alpha value is -1.88. The van der Waals surface area contributed by atoms with Crippen LogP contribution in [0.1, 0.15) is 6.92 Å². The summed E-state index contributed by atoms with van der Waals surface area (Å²) in [6.07, 6.45) is 0. The summed E-state index contributed by atoms with van der Waals surface area (Å²) in [5.41, 5.74) is 0.452. The minimum Gasteiger partial charge on any atom is -0.267 e. The molecule has 0 fully saturated rings. The van der Waals surface area contributed by atoms with E-state index in [1.54, 1.807) is 37.3 Å². The lowest BCUT2D eigenvalue weighted by Gasteiger charge is -2.22. The predicted octanol–water partition coefficient (Wildman–Crippen LogP) is 3.04. The molecule has 3 nitrogen and oxygen atoms in total. The second-order valence-electron chi connectivity index (χ2n) is 3.96. The molecule has 2 aromatic rings. The SMILES string of the molecule is CCN(c1ccc(F)cc1)S(=O)(=O)c1ccccc1. The zero-order chi connectivity index (χ0) is 13.9. The Morgan fingerprint density at radius 1 is 1.00 bits per heavy atom. The molecule has 19 heavy (non-hydrogen) atoms. The summed E-state index contributed by atoms with van der Waals surface area (Å²) in [6.45, 7) is 2.02. The third-order valence-corrected chi connectivity index (χ3v) is 4.65. The third kappa shape index (κ3) is 2.76. The maximum atomic E-state index is 12.9. The minimum absolute atomic E-state index is 0.223. The molecule has 2 aromatic carbocycles. The molecule has 0 aliphatic heterocycles. The first-order valence-electron chi connectivity index (χ1n) is 5.89. The molecule has 0 bridgehead atoms. The highest BCUT2D eigenvalue weighted by molar-refractivity contribution is 7.92. The lowest BCUT2D eigenvalue weighted by molar-refractivity contribution is 0.591. The summed E-state index contributed by atoms with van der Waals surface area (Å²) in [4.78, 5) is 0.223. The van der Waals surface area contributed by atoms with Crippen LogP contribution in [0, 0.1) is 5.82 Å². The summed E-state index contributed by atoms with van der Waals surface area (Å²) in [5, 5.41) is 0. The van der Waals surface area contributed by atoms with Gasteiger partial charge in [-0.05, 0) is 43.3 Å². The molecule has 0 saturated heterocycles. The largest absolute Gasteiger partial charge is 0.267 e. The monoisotopic (exact) mass is 279 g/mol. The van der Waals surface area contributed by atoms with Crippen LogP contribution in [0.5, 0.6) is 0 Å². The van der Waals surface area contributed by atoms with Gasteiger partial charge in [0, 0.05) is 6.54 Å². The average Bonchev–Trinajstić information content (AvgIpc) is 2.42. The molecular weight excluding hydrogens is 265 g/mol. The molecular formula is C14H14FNO2S. The van der Waals surface area contributed by atoms with Gasteiger partial charge in [-0.25, -0.2) is 12.8 Å². The molecule has 0 unspecified atom stereocenters. The summed E-state index contributed by atoms with van der Waals surface area (Å²) in [6, 6.07) is 13.6. The maximum absolute atomic E-state index is 12.9. The van der Waals surface area contributed by atoms with Gasteiger partial charge in [-0.2, -0.15) is 0 Å². The molecule has 0 spiro atoms. The van der Waals surface area contributed by atoms with E-state index < -0.39 is 15.8 Å². The molecule has 100 valence electrons. The topological polar surface area (TPSA) is 37.4 Å². The van der Waals surface area contributed by atoms with E-state index in [1.807, 2.05) is 0 Å². The average molecular weight is 279 g/mol. The normalized spacial score (nSPS) is 11.3. The van der Waals surface area contributed by atoms with Crippen molar-refractivity contribution in [3.05, 3.63) is 60.4 Å². The highest BCUT2D eigenvalue weighted by Crippen LogP contribution is 2.23. The van der Waals surface area contributed by atoms with E-state index in [4.69, 9.17) is 0 Å². The standard InChI is InChI=1S/C14H14FNO2S/c1-2-16(13-10-8-12(15)9-11-13)19(17,18)14-6-4-3-5-7-14/h3-11H,2H2,1H3. The van der Waals surface area contributed by atoms with Crippen molar-refractivity contribution in [3.8, 4) is 0 Å². The number of nitrogens with zero attached hydrogens (tertiary/aromatic N) is 1. The fraction of sp³-hybridized carbons (Fsp3) is 0.143. The maximum Gasteiger partial charge on any atom is 0.264 e. The first-order valence-corrected chi connectivity index (χ1v) is 7.33. The van der Waals surface area contributed by atoms with Gasteiger partial charge in [0.1, 0.15) is 5.82 Å². The van der Waals surface area contributed by atoms with E-state index in [9.17, 15) is 12.8 Å². The van der Waals surface area contributed by atoms with Gasteiger partial charge in [0.25, 0.3) is 10.0 Å². The van der Waals surface area contributed by atoms with Crippen molar-refractivity contribution >= 4 is 15.7 Å². The Morgan fingerprint density at radius 2 is 1.58 bits per heavy atom. The van der Waals surface area contributed by atoms with Crippen LogP contribution >= 0.6 is 0 Å². The van der Waals surface area contributed by atoms with Gasteiger partial charge < -0.3 is 0 Å². The molecule has 5 heteroatoms. The molecule has 0 N–H and O–H groups in total. The smallest absolute Gasteiger partial charge is 0.264 e. The van der Waals surface area contributed by atoms with Crippen LogP contribution in [-0.2, 0) is 10.0 Å². The number of hydrogen-bond acceptors (Lipinski definition) is 2. The Bertz CT molecular complexity index is 639. The van der Waals surface area contributed by atoms with E-state index in [0.717, 1.165) is 0 Å². The van der Waals surface area contributed by atoms with Gasteiger partial charge in [-0.3, -0.25) is 4.31 Å². The molecule has 0 amide bonds. The number of sulfonamides is 1. The molecule has 2 rings (SSSR count). The summed E-state index contributed by atoms with van der Waals surface area (Å²) < 4.78 is 39.1. The molecule has 0 radical (unpaired) electrons. The molecule has 0 aliphatic carbocycles. The van der Waals surface area contributed by atoms with E-state index in [1.165, 1.54) is 28.6 Å². The van der Waals surface area contributed by atoms with E-state index >= 15 is 0 Å². The van der Waals surface area contributed by atoms with Crippen molar-refractivity contribution in [2.75, 3.05) is 10.8 Å². The van der Waals surface area contributed by atoms with Crippen LogP contribution in [0.4, 0.5) is 10.1 Å². The van der Waals surface area contributed by atoms with E-state index in [0.29, 0.717) is 5.69 Å². The van der Waals surface area contributed by atoms with Crippen molar-refractivity contribution in [1.82, 2.24) is 0 Å². The van der Waals surface area contributed by atoms with E-state index in [-0.39, 0.29) is 11.4 Å². The summed E-state index contributed by atoms with van der Waals surface area (Å²) in [5.74, 6) is -0.392. The number of rotatable bonds is 4.